The van der Waals surface area contributed by atoms with Gasteiger partial charge in [0.2, 0.25) is 0 Å². The normalized spacial score (nSPS) is 21.8. The number of phenols is 1. The topological polar surface area (TPSA) is 79.9 Å². The molecule has 8 heteroatoms. The van der Waals surface area contributed by atoms with E-state index in [4.69, 9.17) is 0 Å². The predicted molar refractivity (Wildman–Crippen MR) is 139 cm³/mol. The van der Waals surface area contributed by atoms with Gasteiger partial charge in [-0.1, -0.05) is 41.9 Å². The van der Waals surface area contributed by atoms with Crippen LogP contribution in [0.15, 0.2) is 46.9 Å². The number of aromatic amines is 1. The van der Waals surface area contributed by atoms with Crippen molar-refractivity contribution in [1.29, 1.82) is 0 Å². The number of rotatable bonds is 7. The summed E-state index contributed by atoms with van der Waals surface area (Å²) in [6.07, 6.45) is 1.17. The summed E-state index contributed by atoms with van der Waals surface area (Å²) in [7, 11) is 0. The van der Waals surface area contributed by atoms with Crippen LogP contribution in [-0.2, 0) is 11.2 Å². The number of halogens is 1. The van der Waals surface area contributed by atoms with Gasteiger partial charge in [0.1, 0.15) is 17.3 Å². The summed E-state index contributed by atoms with van der Waals surface area (Å²) in [6.45, 7) is 9.24. The summed E-state index contributed by atoms with van der Waals surface area (Å²) in [6, 6.07) is 12.3. The van der Waals surface area contributed by atoms with Gasteiger partial charge in [0, 0.05) is 34.0 Å². The lowest BCUT2D eigenvalue weighted by Gasteiger charge is -2.42. The summed E-state index contributed by atoms with van der Waals surface area (Å²) < 4.78 is 0.958. The molecular formula is C27H31BrN4O3. The summed E-state index contributed by atoms with van der Waals surface area (Å²) >= 11 is 3.58. The Morgan fingerprint density at radius 2 is 1.94 bits per heavy atom. The number of imide groups is 1. The second-order valence-electron chi connectivity index (χ2n) is 9.65. The summed E-state index contributed by atoms with van der Waals surface area (Å²) in [5.74, 6) is -0.0218. The zero-order valence-corrected chi connectivity index (χ0v) is 21.9. The number of aromatic nitrogens is 1. The van der Waals surface area contributed by atoms with Crippen LogP contribution < -0.4 is 0 Å². The molecule has 2 aliphatic rings. The highest BCUT2D eigenvalue weighted by Gasteiger charge is 2.60. The maximum Gasteiger partial charge on any atom is 0.328 e. The van der Waals surface area contributed by atoms with Crippen molar-refractivity contribution in [3.8, 4) is 5.75 Å². The fourth-order valence-electron chi connectivity index (χ4n) is 5.72. The Morgan fingerprint density at radius 1 is 1.17 bits per heavy atom. The largest absolute Gasteiger partial charge is 0.508 e. The van der Waals surface area contributed by atoms with Gasteiger partial charge in [-0.3, -0.25) is 14.6 Å². The van der Waals surface area contributed by atoms with Gasteiger partial charge in [-0.2, -0.15) is 0 Å². The molecule has 0 spiro atoms. The third-order valence-electron chi connectivity index (χ3n) is 7.56. The lowest BCUT2D eigenvalue weighted by atomic mass is 9.81. The maximum atomic E-state index is 13.9. The first-order valence-electron chi connectivity index (χ1n) is 12.2. The minimum absolute atomic E-state index is 0.129. The van der Waals surface area contributed by atoms with Gasteiger partial charge in [0.15, 0.2) is 0 Å². The Hall–Kier alpha value is -2.84. The number of benzene rings is 2. The molecule has 7 nitrogen and oxygen atoms in total. The number of amides is 3. The number of aromatic hydroxyl groups is 1. The Bertz CT molecular complexity index is 1300. The molecule has 0 radical (unpaired) electrons. The van der Waals surface area contributed by atoms with Crippen molar-refractivity contribution in [3.63, 3.8) is 0 Å². The minimum atomic E-state index is -1.01. The van der Waals surface area contributed by atoms with E-state index in [1.54, 1.807) is 23.1 Å². The van der Waals surface area contributed by atoms with Crippen molar-refractivity contribution in [1.82, 2.24) is 19.7 Å². The number of urea groups is 1. The zero-order chi connectivity index (χ0) is 24.9. The van der Waals surface area contributed by atoms with Gasteiger partial charge in [-0.15, -0.1) is 0 Å². The molecule has 3 amide bonds. The van der Waals surface area contributed by atoms with Gasteiger partial charge in [0.25, 0.3) is 5.91 Å². The van der Waals surface area contributed by atoms with E-state index in [0.29, 0.717) is 13.0 Å². The molecular weight excluding hydrogens is 508 g/mol. The van der Waals surface area contributed by atoms with Crippen LogP contribution in [0.5, 0.6) is 5.75 Å². The predicted octanol–water partition coefficient (Wildman–Crippen LogP) is 5.04. The third-order valence-corrected chi connectivity index (χ3v) is 8.06. The third kappa shape index (κ3) is 3.83. The Labute approximate surface area is 213 Å². The van der Waals surface area contributed by atoms with E-state index >= 15 is 0 Å². The van der Waals surface area contributed by atoms with Gasteiger partial charge in [0.05, 0.1) is 0 Å². The second kappa shape index (κ2) is 8.99. The fraction of sp³-hybridized carbons (Fsp3) is 0.407. The SMILES string of the molecule is CCN(CC)CCCN1C(=O)N2[C@H](c3cccc(O)c3)c3[nH]c4ccc(Br)cc4c3C[C@@]2(C)C1=O. The molecule has 3 aromatic rings. The van der Waals surface area contributed by atoms with Crippen molar-refractivity contribution in [2.24, 2.45) is 0 Å². The number of hydrogen-bond acceptors (Lipinski definition) is 4. The number of hydrogen-bond donors (Lipinski definition) is 2. The number of nitrogens with one attached hydrogen (secondary N) is 1. The van der Waals surface area contributed by atoms with Crippen molar-refractivity contribution in [3.05, 3.63) is 63.8 Å². The number of carbonyl (C=O) groups excluding carboxylic acids is 2. The summed E-state index contributed by atoms with van der Waals surface area (Å²) in [5, 5.41) is 11.3. The van der Waals surface area contributed by atoms with Crippen LogP contribution in [0.2, 0.25) is 0 Å². The molecule has 5 rings (SSSR count). The van der Waals surface area contributed by atoms with E-state index in [0.717, 1.165) is 58.3 Å². The molecule has 35 heavy (non-hydrogen) atoms. The Balaban J connectivity index is 1.59. The summed E-state index contributed by atoms with van der Waals surface area (Å²) in [4.78, 5) is 36.7. The molecule has 0 unspecified atom stereocenters. The Morgan fingerprint density at radius 3 is 2.66 bits per heavy atom. The van der Waals surface area contributed by atoms with Gasteiger partial charge < -0.3 is 15.0 Å². The Kier molecular flexibility index (Phi) is 6.13. The van der Waals surface area contributed by atoms with E-state index in [1.807, 2.05) is 25.1 Å². The van der Waals surface area contributed by atoms with Crippen LogP contribution in [0.1, 0.15) is 50.1 Å². The highest BCUT2D eigenvalue weighted by Crippen LogP contribution is 2.49. The van der Waals surface area contributed by atoms with Gasteiger partial charge in [-0.05, 0) is 74.4 Å². The molecule has 2 aromatic carbocycles. The monoisotopic (exact) mass is 538 g/mol. The smallest absolute Gasteiger partial charge is 0.328 e. The highest BCUT2D eigenvalue weighted by atomic mass is 79.9. The van der Waals surface area contributed by atoms with Crippen LogP contribution in [0.3, 0.4) is 0 Å². The van der Waals surface area contributed by atoms with Crippen molar-refractivity contribution >= 4 is 38.8 Å². The van der Waals surface area contributed by atoms with Crippen LogP contribution in [-0.4, -0.2) is 68.4 Å². The zero-order valence-electron chi connectivity index (χ0n) is 20.3. The van der Waals surface area contributed by atoms with Crippen LogP contribution >= 0.6 is 15.9 Å². The van der Waals surface area contributed by atoms with E-state index in [1.165, 1.54) is 4.90 Å². The standard InChI is InChI=1S/C27H31BrN4O3/c1-4-30(5-2)12-7-13-31-25(34)27(3)16-21-20-15-18(28)10-11-22(20)29-23(21)24(32(27)26(31)35)17-8-6-9-19(33)14-17/h6,8-11,14-15,24,29,33H,4-5,7,12-13,16H2,1-3H3/t24-,27+/m1/s1. The molecule has 0 bridgehead atoms. The second-order valence-corrected chi connectivity index (χ2v) is 10.6. The number of H-pyrrole nitrogens is 1. The number of phenolic OH excluding ortho intramolecular Hbond substituents is 1. The molecule has 1 aromatic heterocycles. The molecule has 0 saturated carbocycles. The molecule has 2 N–H and O–H groups in total. The number of nitrogens with zero attached hydrogens (tertiary/aromatic N) is 3. The first-order valence-corrected chi connectivity index (χ1v) is 13.0. The average molecular weight is 539 g/mol. The van der Waals surface area contributed by atoms with Crippen molar-refractivity contribution in [2.75, 3.05) is 26.2 Å². The van der Waals surface area contributed by atoms with E-state index in [-0.39, 0.29) is 17.7 Å². The number of fused-ring (bicyclic) bond motifs is 4. The highest BCUT2D eigenvalue weighted by molar-refractivity contribution is 9.10. The first kappa shape index (κ1) is 23.9. The van der Waals surface area contributed by atoms with Crippen molar-refractivity contribution < 1.29 is 14.7 Å². The van der Waals surface area contributed by atoms with Gasteiger partial charge in [-0.25, -0.2) is 4.79 Å². The quantitative estimate of drug-likeness (QED) is 0.413. The molecule has 184 valence electrons. The molecule has 1 saturated heterocycles. The fourth-order valence-corrected chi connectivity index (χ4v) is 6.08. The van der Waals surface area contributed by atoms with Crippen LogP contribution in [0.4, 0.5) is 4.79 Å². The molecule has 2 aliphatic heterocycles. The lowest BCUT2D eigenvalue weighted by Crippen LogP contribution is -2.53. The number of carbonyl (C=O) groups is 2. The lowest BCUT2D eigenvalue weighted by molar-refractivity contribution is -0.133. The average Bonchev–Trinajstić information content (AvgIpc) is 3.27. The summed E-state index contributed by atoms with van der Waals surface area (Å²) in [5.41, 5.74) is 2.66. The first-order chi connectivity index (χ1) is 16.8. The van der Waals surface area contributed by atoms with Gasteiger partial charge >= 0.3 is 6.03 Å². The van der Waals surface area contributed by atoms with E-state index < -0.39 is 11.6 Å². The van der Waals surface area contributed by atoms with Crippen molar-refractivity contribution in [2.45, 2.75) is 45.2 Å². The molecule has 1 fully saturated rings. The van der Waals surface area contributed by atoms with E-state index in [9.17, 15) is 14.7 Å². The molecule has 2 atom stereocenters. The van der Waals surface area contributed by atoms with E-state index in [2.05, 4.69) is 45.7 Å². The molecule has 3 heterocycles. The van der Waals surface area contributed by atoms with Crippen LogP contribution in [0.25, 0.3) is 10.9 Å². The maximum absolute atomic E-state index is 13.9. The minimum Gasteiger partial charge on any atom is -0.508 e. The molecule has 0 aliphatic carbocycles. The van der Waals surface area contributed by atoms with Crippen LogP contribution in [0, 0.1) is 0 Å².